The maximum atomic E-state index is 11.5. The molecule has 1 N–H and O–H groups in total. The summed E-state index contributed by atoms with van der Waals surface area (Å²) < 4.78 is 7.41. The maximum Gasteiger partial charge on any atom is 0.311 e. The minimum absolute atomic E-state index is 0.392. The van der Waals surface area contributed by atoms with Crippen molar-refractivity contribution in [3.8, 4) is 11.1 Å². The van der Waals surface area contributed by atoms with Crippen molar-refractivity contribution in [3.63, 3.8) is 0 Å². The van der Waals surface area contributed by atoms with Gasteiger partial charge in [-0.1, -0.05) is 54.6 Å². The van der Waals surface area contributed by atoms with E-state index in [4.69, 9.17) is 6.48 Å². The molecule has 2 aromatic rings. The fourth-order valence-corrected chi connectivity index (χ4v) is 1.67. The average molecular weight is 242 g/mol. The predicted octanol–water partition coefficient (Wildman–Crippen LogP) is 3.01. The van der Waals surface area contributed by atoms with Crippen LogP contribution in [-0.4, -0.2) is 16.9 Å². The summed E-state index contributed by atoms with van der Waals surface area (Å²) in [6.45, 7) is 0. The van der Waals surface area contributed by atoms with Crippen LogP contribution in [0.15, 0.2) is 54.6 Å². The van der Waals surface area contributed by atoms with Gasteiger partial charge in [-0.2, -0.15) is 0 Å². The van der Waals surface area contributed by atoms with E-state index in [1.807, 2.05) is 12.1 Å². The molecule has 0 fully saturated rings. The Bertz CT molecular complexity index is 600. The molecule has 0 heterocycles. The number of carbonyl (C=O) groups is 2. The van der Waals surface area contributed by atoms with E-state index in [1.54, 1.807) is 36.4 Å². The molecule has 3 nitrogen and oxygen atoms in total. The number of hydrogen-bond acceptors (Lipinski definition) is 2. The molecule has 0 saturated carbocycles. The van der Waals surface area contributed by atoms with E-state index < -0.39 is 18.2 Å². The maximum absolute atomic E-state index is 11.5. The number of carbonyl (C=O) groups excluding carboxylic acids is 1. The van der Waals surface area contributed by atoms with Gasteiger partial charge in [-0.25, -0.2) is 0 Å². The van der Waals surface area contributed by atoms with E-state index in [0.717, 1.165) is 11.1 Å². The first-order chi connectivity index (χ1) is 9.06. The molecule has 0 bridgehead atoms. The molecule has 0 aliphatic carbocycles. The van der Waals surface area contributed by atoms with E-state index >= 15 is 0 Å². The Kier molecular flexibility index (Phi) is 3.14. The second-order valence-corrected chi connectivity index (χ2v) is 3.86. The number of carboxylic acids is 1. The third kappa shape index (κ3) is 2.83. The Morgan fingerprint density at radius 3 is 2.11 bits per heavy atom. The van der Waals surface area contributed by atoms with Crippen molar-refractivity contribution in [2.45, 2.75) is 6.42 Å². The molecule has 0 aromatic heterocycles. The van der Waals surface area contributed by atoms with Crippen LogP contribution in [-0.2, 0) is 4.79 Å². The highest BCUT2D eigenvalue weighted by Gasteiger charge is 2.10. The summed E-state index contributed by atoms with van der Waals surface area (Å²) in [5, 5.41) is 8.57. The van der Waals surface area contributed by atoms with Crippen molar-refractivity contribution in [2.75, 3.05) is 0 Å². The summed E-state index contributed by atoms with van der Waals surface area (Å²) >= 11 is 0. The predicted molar refractivity (Wildman–Crippen MR) is 68.5 cm³/mol. The van der Waals surface area contributed by atoms with Gasteiger partial charge in [-0.15, -0.1) is 0 Å². The van der Waals surface area contributed by atoms with Gasteiger partial charge in [0.1, 0.15) is 6.42 Å². The van der Waals surface area contributed by atoms with Crippen molar-refractivity contribution in [1.29, 1.82) is 0 Å². The van der Waals surface area contributed by atoms with Crippen LogP contribution in [0.25, 0.3) is 11.1 Å². The van der Waals surface area contributed by atoms with Gasteiger partial charge in [0.25, 0.3) is 0 Å². The normalized spacial score (nSPS) is 10.8. The van der Waals surface area contributed by atoms with Crippen LogP contribution in [0.1, 0.15) is 18.1 Å². The fraction of sp³-hybridized carbons (Fsp3) is 0.0667. The zero-order valence-corrected chi connectivity index (χ0v) is 9.59. The minimum Gasteiger partial charge on any atom is -0.481 e. The Morgan fingerprint density at radius 2 is 1.56 bits per heavy atom. The van der Waals surface area contributed by atoms with Crippen molar-refractivity contribution >= 4 is 11.8 Å². The molecule has 90 valence electrons. The second kappa shape index (κ2) is 5.27. The van der Waals surface area contributed by atoms with Gasteiger partial charge in [0.05, 0.1) is 1.37 Å². The van der Waals surface area contributed by atoms with Gasteiger partial charge in [0.15, 0.2) is 5.78 Å². The highest BCUT2D eigenvalue weighted by Crippen LogP contribution is 2.19. The first-order valence-electron chi connectivity index (χ1n) is 5.98. The fourth-order valence-electron chi connectivity index (χ4n) is 1.67. The molecule has 0 radical (unpaired) electrons. The summed E-state index contributed by atoms with van der Waals surface area (Å²) in [6, 6.07) is 14.3. The van der Waals surface area contributed by atoms with E-state index in [1.165, 1.54) is 0 Å². The summed E-state index contributed by atoms with van der Waals surface area (Å²) in [5.74, 6) is -1.53. The Labute approximate surface area is 106 Å². The molecule has 0 saturated heterocycles. The first kappa shape index (κ1) is 10.7. The second-order valence-electron chi connectivity index (χ2n) is 3.86. The number of rotatable bonds is 4. The monoisotopic (exact) mass is 242 g/mol. The molecule has 0 aliphatic rings. The lowest BCUT2D eigenvalue weighted by Gasteiger charge is -2.03. The Morgan fingerprint density at radius 1 is 1.00 bits per heavy atom. The van der Waals surface area contributed by atoms with E-state index in [0.29, 0.717) is 11.6 Å². The van der Waals surface area contributed by atoms with Gasteiger partial charge in [0, 0.05) is 5.56 Å². The molecular weight excluding hydrogens is 228 g/mol. The van der Waals surface area contributed by atoms with Gasteiger partial charge >= 0.3 is 5.97 Å². The van der Waals surface area contributed by atoms with Crippen molar-refractivity contribution in [2.24, 2.45) is 0 Å². The number of hydrogen-bond donors (Lipinski definition) is 1. The van der Waals surface area contributed by atoms with Gasteiger partial charge < -0.3 is 5.11 Å². The van der Waals surface area contributed by atoms with Crippen LogP contribution in [0.2, 0.25) is 0 Å². The van der Waals surface area contributed by atoms with Crippen molar-refractivity contribution < 1.29 is 16.1 Å². The lowest BCUT2D eigenvalue weighted by Crippen LogP contribution is -2.06. The molecule has 0 atom stereocenters. The molecular formula is C15H12O3. The van der Waals surface area contributed by atoms with Gasteiger partial charge in [0.2, 0.25) is 0 Å². The van der Waals surface area contributed by atoms with Crippen LogP contribution in [0.4, 0.5) is 0 Å². The quantitative estimate of drug-likeness (QED) is 0.662. The van der Waals surface area contributed by atoms with Gasteiger partial charge in [-0.3, -0.25) is 9.59 Å². The first-order valence-corrected chi connectivity index (χ1v) is 5.48. The van der Waals surface area contributed by atoms with Gasteiger partial charge in [-0.05, 0) is 11.1 Å². The van der Waals surface area contributed by atoms with Crippen LogP contribution in [0, 0.1) is 0 Å². The smallest absolute Gasteiger partial charge is 0.311 e. The summed E-state index contributed by atoms with van der Waals surface area (Å²) in [6.07, 6.45) is -0.493. The molecule has 0 amide bonds. The summed E-state index contributed by atoms with van der Waals surface area (Å²) in [7, 11) is 0. The Hall–Kier alpha value is -2.42. The SMILES string of the molecule is [3H]c1ccc(-c2ccc(C(=O)CC(=O)O)cc2)cc1. The summed E-state index contributed by atoms with van der Waals surface area (Å²) in [4.78, 5) is 22.0. The third-order valence-corrected chi connectivity index (χ3v) is 2.57. The molecule has 2 aromatic carbocycles. The van der Waals surface area contributed by atoms with Crippen molar-refractivity contribution in [1.82, 2.24) is 0 Å². The molecule has 18 heavy (non-hydrogen) atoms. The van der Waals surface area contributed by atoms with Crippen molar-refractivity contribution in [3.05, 3.63) is 60.1 Å². The number of ketones is 1. The highest BCUT2D eigenvalue weighted by molar-refractivity contribution is 6.05. The lowest BCUT2D eigenvalue weighted by molar-refractivity contribution is -0.135. The topological polar surface area (TPSA) is 54.4 Å². The third-order valence-electron chi connectivity index (χ3n) is 2.57. The molecule has 3 heteroatoms. The minimum atomic E-state index is -1.12. The molecule has 0 spiro atoms. The number of aliphatic carboxylic acids is 1. The number of carboxylic acid groups (broad SMARTS) is 1. The Balaban J connectivity index is 2.21. The highest BCUT2D eigenvalue weighted by atomic mass is 16.4. The van der Waals surface area contributed by atoms with E-state index in [9.17, 15) is 9.59 Å². The zero-order valence-electron chi connectivity index (χ0n) is 10.6. The largest absolute Gasteiger partial charge is 0.481 e. The molecule has 2 rings (SSSR count). The number of benzene rings is 2. The lowest BCUT2D eigenvalue weighted by atomic mass is 10.0. The van der Waals surface area contributed by atoms with Crippen LogP contribution >= 0.6 is 0 Å². The van der Waals surface area contributed by atoms with E-state index in [2.05, 4.69) is 0 Å². The summed E-state index contributed by atoms with van der Waals surface area (Å²) in [5.41, 5.74) is 2.27. The average Bonchev–Trinajstić information content (AvgIpc) is 2.39. The number of Topliss-reactive ketones (excluding diaryl/α,β-unsaturated/α-hetero) is 1. The molecule has 0 unspecified atom stereocenters. The van der Waals surface area contributed by atoms with Crippen LogP contribution in [0.3, 0.4) is 0 Å². The standard InChI is InChI=1S/C15H12O3/c16-14(10-15(17)18)13-8-6-12(7-9-13)11-4-2-1-3-5-11/h1-9H,10H2,(H,17,18)/i1T. The van der Waals surface area contributed by atoms with Crippen LogP contribution in [0.5, 0.6) is 0 Å². The zero-order chi connectivity index (χ0) is 13.8. The molecule has 0 aliphatic heterocycles. The van der Waals surface area contributed by atoms with Crippen LogP contribution < -0.4 is 0 Å². The van der Waals surface area contributed by atoms with E-state index in [-0.39, 0.29) is 0 Å².